The lowest BCUT2D eigenvalue weighted by atomic mass is 10.1. The van der Waals surface area contributed by atoms with Gasteiger partial charge < -0.3 is 19.4 Å². The van der Waals surface area contributed by atoms with Crippen LogP contribution in [0.25, 0.3) is 17.0 Å². The minimum absolute atomic E-state index is 0.0483. The molecule has 176 valence electrons. The quantitative estimate of drug-likeness (QED) is 0.289. The number of methoxy groups -OCH3 is 1. The molecule has 1 aromatic carbocycles. The zero-order valence-electron chi connectivity index (χ0n) is 18.3. The number of nitrogens with one attached hydrogen (secondary N) is 1. The number of carbonyl (C=O) groups excluding carboxylic acids is 2. The number of thiocarbonyl (C=S) groups is 1. The maximum Gasteiger partial charge on any atom is 0.266 e. The fourth-order valence-corrected chi connectivity index (χ4v) is 5.62. The Bertz CT molecular complexity index is 1090. The summed E-state index contributed by atoms with van der Waals surface area (Å²) in [6.45, 7) is 2.61. The van der Waals surface area contributed by atoms with Gasteiger partial charge in [0.25, 0.3) is 5.91 Å². The van der Waals surface area contributed by atoms with E-state index in [4.69, 9.17) is 21.7 Å². The van der Waals surface area contributed by atoms with Crippen LogP contribution >= 0.6 is 39.9 Å². The average molecular weight is 553 g/mol. The molecule has 2 saturated heterocycles. The Balaban J connectivity index is 1.55. The molecule has 1 N–H and O–H groups in total. The molecule has 0 spiro atoms. The number of nitrogens with zero attached hydrogens (tertiary/aromatic N) is 2. The first-order chi connectivity index (χ1) is 16.0. The Labute approximate surface area is 211 Å². The number of ether oxygens (including phenoxy) is 2. The van der Waals surface area contributed by atoms with E-state index in [1.807, 2.05) is 35.0 Å². The number of fused-ring (bicyclic) bond motifs is 1. The molecule has 2 aromatic rings. The molecule has 1 aromatic heterocycles. The first-order valence-corrected chi connectivity index (χ1v) is 12.9. The fraction of sp³-hybridized carbons (Fsp3) is 0.435. The van der Waals surface area contributed by atoms with E-state index in [1.54, 1.807) is 12.0 Å². The Hall–Kier alpha value is -1.72. The second-order valence-electron chi connectivity index (χ2n) is 8.00. The van der Waals surface area contributed by atoms with Crippen molar-refractivity contribution in [1.82, 2.24) is 14.8 Å². The number of thioether (sulfide) groups is 1. The SMILES string of the molecule is COCCCNC(=O)Cn1cc(/C=C2\SC(=S)N(C[C@@H]3CCCO3)C2=O)c2cc(Br)ccc21. The summed E-state index contributed by atoms with van der Waals surface area (Å²) in [5.41, 5.74) is 1.79. The van der Waals surface area contributed by atoms with E-state index < -0.39 is 0 Å². The van der Waals surface area contributed by atoms with Gasteiger partial charge in [-0.1, -0.05) is 39.9 Å². The van der Waals surface area contributed by atoms with Crippen LogP contribution in [-0.2, 0) is 25.6 Å². The van der Waals surface area contributed by atoms with Crippen LogP contribution in [0, 0.1) is 0 Å². The summed E-state index contributed by atoms with van der Waals surface area (Å²) in [5, 5.41) is 3.88. The zero-order valence-corrected chi connectivity index (χ0v) is 21.6. The van der Waals surface area contributed by atoms with Gasteiger partial charge in [0.1, 0.15) is 10.9 Å². The number of hydrogen-bond acceptors (Lipinski definition) is 6. The van der Waals surface area contributed by atoms with E-state index in [2.05, 4.69) is 21.2 Å². The lowest BCUT2D eigenvalue weighted by Gasteiger charge is -2.18. The third-order valence-electron chi connectivity index (χ3n) is 5.61. The van der Waals surface area contributed by atoms with Gasteiger partial charge in [0.2, 0.25) is 5.91 Å². The predicted octanol–water partition coefficient (Wildman–Crippen LogP) is 3.94. The highest BCUT2D eigenvalue weighted by Gasteiger charge is 2.34. The summed E-state index contributed by atoms with van der Waals surface area (Å²) in [6.07, 6.45) is 6.57. The van der Waals surface area contributed by atoms with Crippen molar-refractivity contribution < 1.29 is 19.1 Å². The molecule has 33 heavy (non-hydrogen) atoms. The summed E-state index contributed by atoms with van der Waals surface area (Å²) in [4.78, 5) is 27.7. The van der Waals surface area contributed by atoms with E-state index in [-0.39, 0.29) is 24.5 Å². The van der Waals surface area contributed by atoms with Crippen molar-refractivity contribution >= 4 is 73.0 Å². The summed E-state index contributed by atoms with van der Waals surface area (Å²) >= 11 is 10.3. The van der Waals surface area contributed by atoms with Crippen molar-refractivity contribution in [3.63, 3.8) is 0 Å². The average Bonchev–Trinajstić information content (AvgIpc) is 3.48. The van der Waals surface area contributed by atoms with E-state index in [9.17, 15) is 9.59 Å². The van der Waals surface area contributed by atoms with Gasteiger partial charge in [-0.3, -0.25) is 14.5 Å². The Kier molecular flexibility index (Phi) is 8.24. The molecule has 3 heterocycles. The van der Waals surface area contributed by atoms with Crippen LogP contribution in [0.3, 0.4) is 0 Å². The van der Waals surface area contributed by atoms with Gasteiger partial charge in [0.15, 0.2) is 0 Å². The minimum atomic E-state index is -0.0905. The molecule has 1 atom stereocenters. The summed E-state index contributed by atoms with van der Waals surface area (Å²) in [5.74, 6) is -0.160. The molecule has 0 unspecified atom stereocenters. The van der Waals surface area contributed by atoms with Crippen LogP contribution in [0.2, 0.25) is 0 Å². The molecule has 2 aliphatic rings. The number of carbonyl (C=O) groups is 2. The molecule has 0 radical (unpaired) electrons. The maximum absolute atomic E-state index is 13.1. The largest absolute Gasteiger partial charge is 0.385 e. The van der Waals surface area contributed by atoms with Crippen LogP contribution in [0.1, 0.15) is 24.8 Å². The van der Waals surface area contributed by atoms with Crippen molar-refractivity contribution in [2.45, 2.75) is 31.9 Å². The van der Waals surface area contributed by atoms with Gasteiger partial charge in [0.05, 0.1) is 17.6 Å². The van der Waals surface area contributed by atoms with Gasteiger partial charge in [-0.15, -0.1) is 0 Å². The first kappa shape index (κ1) is 24.4. The van der Waals surface area contributed by atoms with Gasteiger partial charge in [-0.05, 0) is 43.5 Å². The zero-order chi connectivity index (χ0) is 23.4. The minimum Gasteiger partial charge on any atom is -0.385 e. The van der Waals surface area contributed by atoms with Crippen molar-refractivity contribution in [3.05, 3.63) is 39.3 Å². The van der Waals surface area contributed by atoms with Crippen LogP contribution < -0.4 is 5.32 Å². The smallest absolute Gasteiger partial charge is 0.266 e. The number of amides is 2. The fourth-order valence-electron chi connectivity index (χ4n) is 3.99. The van der Waals surface area contributed by atoms with Gasteiger partial charge >= 0.3 is 0 Å². The third kappa shape index (κ3) is 5.86. The second kappa shape index (κ2) is 11.1. The van der Waals surface area contributed by atoms with Gasteiger partial charge in [-0.25, -0.2) is 0 Å². The standard InChI is InChI=1S/C23H26BrN3O4S2/c1-30-8-3-7-25-21(28)14-26-12-15(18-11-16(24)5-6-19(18)26)10-20-22(29)27(23(32)33-20)13-17-4-2-9-31-17/h5-6,10-12,17H,2-4,7-9,13-14H2,1H3,(H,25,28)/b20-10-/t17-/m0/s1. The van der Waals surface area contributed by atoms with Crippen LogP contribution in [0.5, 0.6) is 0 Å². The van der Waals surface area contributed by atoms with Crippen LogP contribution in [0.15, 0.2) is 33.8 Å². The summed E-state index contributed by atoms with van der Waals surface area (Å²) in [6, 6.07) is 5.92. The Morgan fingerprint density at radius 3 is 3.06 bits per heavy atom. The molecule has 7 nitrogen and oxygen atoms in total. The number of aromatic nitrogens is 1. The second-order valence-corrected chi connectivity index (χ2v) is 10.6. The molecule has 2 aliphatic heterocycles. The number of halogens is 1. The molecule has 0 aliphatic carbocycles. The normalized spacial score (nSPS) is 19.9. The first-order valence-electron chi connectivity index (χ1n) is 10.9. The highest BCUT2D eigenvalue weighted by Crippen LogP contribution is 2.35. The van der Waals surface area contributed by atoms with E-state index >= 15 is 0 Å². The van der Waals surface area contributed by atoms with Crippen molar-refractivity contribution in [1.29, 1.82) is 0 Å². The molecular formula is C23H26BrN3O4S2. The van der Waals surface area contributed by atoms with Crippen LogP contribution in [-0.4, -0.2) is 65.1 Å². The number of hydrogen-bond donors (Lipinski definition) is 1. The topological polar surface area (TPSA) is 72.8 Å². The molecule has 4 rings (SSSR count). The summed E-state index contributed by atoms with van der Waals surface area (Å²) in [7, 11) is 1.64. The number of benzene rings is 1. The molecular weight excluding hydrogens is 526 g/mol. The highest BCUT2D eigenvalue weighted by molar-refractivity contribution is 9.10. The van der Waals surface area contributed by atoms with E-state index in [1.165, 1.54) is 11.8 Å². The van der Waals surface area contributed by atoms with Crippen molar-refractivity contribution in [3.8, 4) is 0 Å². The van der Waals surface area contributed by atoms with E-state index in [0.29, 0.717) is 28.9 Å². The van der Waals surface area contributed by atoms with Gasteiger partial charge in [0, 0.05) is 54.0 Å². The molecule has 10 heteroatoms. The Morgan fingerprint density at radius 2 is 2.30 bits per heavy atom. The van der Waals surface area contributed by atoms with Crippen molar-refractivity contribution in [2.75, 3.05) is 33.4 Å². The lowest BCUT2D eigenvalue weighted by Crippen LogP contribution is -2.35. The van der Waals surface area contributed by atoms with Crippen molar-refractivity contribution in [2.24, 2.45) is 0 Å². The van der Waals surface area contributed by atoms with Gasteiger partial charge in [-0.2, -0.15) is 0 Å². The van der Waals surface area contributed by atoms with Crippen LogP contribution in [0.4, 0.5) is 0 Å². The summed E-state index contributed by atoms with van der Waals surface area (Å²) < 4.78 is 14.1. The Morgan fingerprint density at radius 1 is 1.45 bits per heavy atom. The maximum atomic E-state index is 13.1. The molecule has 0 saturated carbocycles. The highest BCUT2D eigenvalue weighted by atomic mass is 79.9. The molecule has 0 bridgehead atoms. The van der Waals surface area contributed by atoms with E-state index in [0.717, 1.165) is 46.8 Å². The monoisotopic (exact) mass is 551 g/mol. The molecule has 2 amide bonds. The predicted molar refractivity (Wildman–Crippen MR) is 138 cm³/mol. The third-order valence-corrected chi connectivity index (χ3v) is 7.48. The lowest BCUT2D eigenvalue weighted by molar-refractivity contribution is -0.123. The molecule has 2 fully saturated rings. The number of rotatable bonds is 9.